The van der Waals surface area contributed by atoms with Gasteiger partial charge in [-0.2, -0.15) is 0 Å². The fourth-order valence-electron chi connectivity index (χ4n) is 2.90. The lowest BCUT2D eigenvalue weighted by atomic mass is 9.83. The number of hydrogen-bond donors (Lipinski definition) is 1. The summed E-state index contributed by atoms with van der Waals surface area (Å²) in [4.78, 5) is 0. The third-order valence-corrected chi connectivity index (χ3v) is 3.89. The molecular weight excluding hydrogens is 170 g/mol. The summed E-state index contributed by atoms with van der Waals surface area (Å²) in [6, 6.07) is 0.830. The van der Waals surface area contributed by atoms with Crippen molar-refractivity contribution in [2.75, 3.05) is 6.54 Å². The molecule has 0 amide bonds. The molecule has 0 radical (unpaired) electrons. The van der Waals surface area contributed by atoms with E-state index in [4.69, 9.17) is 0 Å². The van der Waals surface area contributed by atoms with Crippen LogP contribution in [0.1, 0.15) is 59.3 Å². The summed E-state index contributed by atoms with van der Waals surface area (Å²) in [5, 5.41) is 3.72. The SMILES string of the molecule is CCCCC(CC)C1NCCC1CC. The molecule has 14 heavy (non-hydrogen) atoms. The van der Waals surface area contributed by atoms with Crippen molar-refractivity contribution in [3.05, 3.63) is 0 Å². The first-order valence-corrected chi connectivity index (χ1v) is 6.56. The normalized spacial score (nSPS) is 29.4. The lowest BCUT2D eigenvalue weighted by Crippen LogP contribution is -2.34. The molecule has 3 atom stereocenters. The van der Waals surface area contributed by atoms with Crippen LogP contribution in [0.4, 0.5) is 0 Å². The molecule has 1 rings (SSSR count). The van der Waals surface area contributed by atoms with E-state index in [1.54, 1.807) is 0 Å². The molecule has 84 valence electrons. The van der Waals surface area contributed by atoms with Gasteiger partial charge in [-0.05, 0) is 31.2 Å². The lowest BCUT2D eigenvalue weighted by molar-refractivity contribution is 0.282. The van der Waals surface area contributed by atoms with Crippen LogP contribution in [0.15, 0.2) is 0 Å². The molecule has 0 aromatic heterocycles. The Balaban J connectivity index is 2.41. The molecule has 0 saturated carbocycles. The van der Waals surface area contributed by atoms with Gasteiger partial charge in [-0.1, -0.05) is 46.5 Å². The van der Waals surface area contributed by atoms with Crippen molar-refractivity contribution in [1.82, 2.24) is 5.32 Å². The van der Waals surface area contributed by atoms with Crippen molar-refractivity contribution in [2.45, 2.75) is 65.3 Å². The summed E-state index contributed by atoms with van der Waals surface area (Å²) in [5.74, 6) is 1.89. The Hall–Kier alpha value is -0.0400. The van der Waals surface area contributed by atoms with E-state index in [2.05, 4.69) is 26.1 Å². The van der Waals surface area contributed by atoms with Gasteiger partial charge in [-0.3, -0.25) is 0 Å². The highest BCUT2D eigenvalue weighted by molar-refractivity contribution is 4.87. The molecule has 0 aliphatic carbocycles. The minimum absolute atomic E-state index is 0.830. The number of hydrogen-bond acceptors (Lipinski definition) is 1. The van der Waals surface area contributed by atoms with E-state index in [1.165, 1.54) is 45.1 Å². The smallest absolute Gasteiger partial charge is 0.0124 e. The highest BCUT2D eigenvalue weighted by Crippen LogP contribution is 2.29. The molecule has 1 heteroatoms. The Morgan fingerprint density at radius 1 is 1.29 bits per heavy atom. The molecule has 1 aliphatic heterocycles. The summed E-state index contributed by atoms with van der Waals surface area (Å²) >= 11 is 0. The second-order valence-electron chi connectivity index (χ2n) is 4.75. The van der Waals surface area contributed by atoms with Gasteiger partial charge in [0.25, 0.3) is 0 Å². The van der Waals surface area contributed by atoms with Gasteiger partial charge in [-0.15, -0.1) is 0 Å². The van der Waals surface area contributed by atoms with Crippen molar-refractivity contribution < 1.29 is 0 Å². The number of unbranched alkanes of at least 4 members (excludes halogenated alkanes) is 1. The molecule has 0 aromatic rings. The number of nitrogens with one attached hydrogen (secondary N) is 1. The van der Waals surface area contributed by atoms with Gasteiger partial charge >= 0.3 is 0 Å². The van der Waals surface area contributed by atoms with Gasteiger partial charge in [0.15, 0.2) is 0 Å². The zero-order valence-electron chi connectivity index (χ0n) is 10.2. The molecule has 0 spiro atoms. The second-order valence-corrected chi connectivity index (χ2v) is 4.75. The molecule has 1 N–H and O–H groups in total. The van der Waals surface area contributed by atoms with Crippen LogP contribution in [-0.4, -0.2) is 12.6 Å². The second kappa shape index (κ2) is 6.44. The number of rotatable bonds is 6. The highest BCUT2D eigenvalue weighted by Gasteiger charge is 2.30. The molecule has 1 nitrogen and oxygen atoms in total. The van der Waals surface area contributed by atoms with Gasteiger partial charge in [0.2, 0.25) is 0 Å². The van der Waals surface area contributed by atoms with E-state index in [9.17, 15) is 0 Å². The minimum atomic E-state index is 0.830. The van der Waals surface area contributed by atoms with Gasteiger partial charge in [0.1, 0.15) is 0 Å². The van der Waals surface area contributed by atoms with E-state index in [0.717, 1.165) is 17.9 Å². The Morgan fingerprint density at radius 3 is 2.64 bits per heavy atom. The Bertz CT molecular complexity index is 144. The quantitative estimate of drug-likeness (QED) is 0.686. The van der Waals surface area contributed by atoms with Crippen LogP contribution in [0.5, 0.6) is 0 Å². The molecule has 3 unspecified atom stereocenters. The van der Waals surface area contributed by atoms with Crippen LogP contribution in [0, 0.1) is 11.8 Å². The van der Waals surface area contributed by atoms with Gasteiger partial charge in [0.05, 0.1) is 0 Å². The van der Waals surface area contributed by atoms with Crippen LogP contribution in [-0.2, 0) is 0 Å². The molecule has 1 heterocycles. The van der Waals surface area contributed by atoms with Crippen LogP contribution >= 0.6 is 0 Å². The average molecular weight is 197 g/mol. The van der Waals surface area contributed by atoms with Crippen LogP contribution in [0.2, 0.25) is 0 Å². The summed E-state index contributed by atoms with van der Waals surface area (Å²) in [6.45, 7) is 8.25. The summed E-state index contributed by atoms with van der Waals surface area (Å²) in [7, 11) is 0. The largest absolute Gasteiger partial charge is 0.313 e. The molecular formula is C13H27N. The van der Waals surface area contributed by atoms with Gasteiger partial charge < -0.3 is 5.32 Å². The first-order chi connectivity index (χ1) is 6.83. The third kappa shape index (κ3) is 2.98. The van der Waals surface area contributed by atoms with Gasteiger partial charge in [-0.25, -0.2) is 0 Å². The maximum atomic E-state index is 3.72. The van der Waals surface area contributed by atoms with Crippen molar-refractivity contribution in [1.29, 1.82) is 0 Å². The van der Waals surface area contributed by atoms with Crippen molar-refractivity contribution >= 4 is 0 Å². The maximum absolute atomic E-state index is 3.72. The zero-order valence-corrected chi connectivity index (χ0v) is 10.2. The monoisotopic (exact) mass is 197 g/mol. The Kier molecular flexibility index (Phi) is 5.54. The molecule has 1 fully saturated rings. The summed E-state index contributed by atoms with van der Waals surface area (Å²) in [6.07, 6.45) is 8.31. The Labute approximate surface area is 89.7 Å². The predicted molar refractivity (Wildman–Crippen MR) is 63.5 cm³/mol. The van der Waals surface area contributed by atoms with Crippen molar-refractivity contribution in [3.8, 4) is 0 Å². The molecule has 1 saturated heterocycles. The van der Waals surface area contributed by atoms with Crippen LogP contribution < -0.4 is 5.32 Å². The van der Waals surface area contributed by atoms with E-state index in [-0.39, 0.29) is 0 Å². The predicted octanol–water partition coefficient (Wildman–Crippen LogP) is 3.59. The first-order valence-electron chi connectivity index (χ1n) is 6.56. The topological polar surface area (TPSA) is 12.0 Å². The van der Waals surface area contributed by atoms with Crippen molar-refractivity contribution in [3.63, 3.8) is 0 Å². The van der Waals surface area contributed by atoms with Crippen LogP contribution in [0.3, 0.4) is 0 Å². The summed E-state index contributed by atoms with van der Waals surface area (Å²) in [5.41, 5.74) is 0. The molecule has 1 aliphatic rings. The fourth-order valence-corrected chi connectivity index (χ4v) is 2.90. The van der Waals surface area contributed by atoms with E-state index >= 15 is 0 Å². The molecule has 0 aromatic carbocycles. The van der Waals surface area contributed by atoms with Gasteiger partial charge in [0, 0.05) is 6.04 Å². The summed E-state index contributed by atoms with van der Waals surface area (Å²) < 4.78 is 0. The van der Waals surface area contributed by atoms with E-state index in [0.29, 0.717) is 0 Å². The average Bonchev–Trinajstić information content (AvgIpc) is 2.67. The molecule has 0 bridgehead atoms. The third-order valence-electron chi connectivity index (χ3n) is 3.89. The lowest BCUT2D eigenvalue weighted by Gasteiger charge is -2.27. The maximum Gasteiger partial charge on any atom is 0.0124 e. The Morgan fingerprint density at radius 2 is 2.07 bits per heavy atom. The van der Waals surface area contributed by atoms with E-state index in [1.807, 2.05) is 0 Å². The first kappa shape index (κ1) is 12.0. The van der Waals surface area contributed by atoms with Crippen LogP contribution in [0.25, 0.3) is 0 Å². The highest BCUT2D eigenvalue weighted by atomic mass is 15.0. The standard InChI is InChI=1S/C13H27N/c1-4-7-8-11(5-2)13-12(6-3)9-10-14-13/h11-14H,4-10H2,1-3H3. The fraction of sp³-hybridized carbons (Fsp3) is 1.00. The van der Waals surface area contributed by atoms with Crippen molar-refractivity contribution in [2.24, 2.45) is 11.8 Å². The van der Waals surface area contributed by atoms with E-state index < -0.39 is 0 Å². The zero-order chi connectivity index (χ0) is 10.4. The minimum Gasteiger partial charge on any atom is -0.313 e.